The van der Waals surface area contributed by atoms with Gasteiger partial charge in [-0.05, 0) is 13.0 Å². The third kappa shape index (κ3) is 3.94. The van der Waals surface area contributed by atoms with E-state index in [4.69, 9.17) is 0 Å². The van der Waals surface area contributed by atoms with E-state index in [2.05, 4.69) is 15.2 Å². The van der Waals surface area contributed by atoms with Crippen LogP contribution in [0.15, 0.2) is 50.9 Å². The molecule has 0 unspecified atom stereocenters. The zero-order valence-electron chi connectivity index (χ0n) is 16.6. The average molecular weight is 444 g/mol. The number of benzene rings is 1. The standard InChI is InChI=1S/C19H20N6O5S/c1-12-16(17(26)21-19(28)20-12)31(29,30)25-9-7-24(8-10-25)18(27)15-11-14(22-23-15)13-5-3-2-4-6-13/h2-6,11H,7-10H2,1H3,(H,22,23)(H2,20,21,26,28). The number of H-pyrrole nitrogens is 3. The first kappa shape index (κ1) is 20.8. The van der Waals surface area contributed by atoms with E-state index >= 15 is 0 Å². The van der Waals surface area contributed by atoms with Gasteiger partial charge in [-0.3, -0.25) is 19.7 Å². The number of nitrogens with zero attached hydrogens (tertiary/aromatic N) is 3. The van der Waals surface area contributed by atoms with Gasteiger partial charge in [-0.15, -0.1) is 0 Å². The van der Waals surface area contributed by atoms with Crippen LogP contribution < -0.4 is 11.2 Å². The number of aryl methyl sites for hydroxylation is 1. The molecule has 0 atom stereocenters. The van der Waals surface area contributed by atoms with Gasteiger partial charge in [0, 0.05) is 37.4 Å². The minimum Gasteiger partial charge on any atom is -0.335 e. The van der Waals surface area contributed by atoms with Crippen molar-refractivity contribution in [2.24, 2.45) is 0 Å². The second-order valence-corrected chi connectivity index (χ2v) is 8.97. The van der Waals surface area contributed by atoms with E-state index in [-0.39, 0.29) is 37.8 Å². The highest BCUT2D eigenvalue weighted by Crippen LogP contribution is 2.20. The number of aromatic amines is 3. The van der Waals surface area contributed by atoms with Crippen LogP contribution >= 0.6 is 0 Å². The van der Waals surface area contributed by atoms with E-state index in [0.29, 0.717) is 11.4 Å². The average Bonchev–Trinajstić information content (AvgIpc) is 3.23. The summed E-state index contributed by atoms with van der Waals surface area (Å²) in [6, 6.07) is 11.1. The Hall–Kier alpha value is -3.51. The molecule has 4 rings (SSSR count). The highest BCUT2D eigenvalue weighted by molar-refractivity contribution is 7.89. The molecule has 3 heterocycles. The lowest BCUT2D eigenvalue weighted by Gasteiger charge is -2.33. The minimum absolute atomic E-state index is 0.0196. The number of nitrogens with one attached hydrogen (secondary N) is 3. The summed E-state index contributed by atoms with van der Waals surface area (Å²) in [4.78, 5) is 41.5. The summed E-state index contributed by atoms with van der Waals surface area (Å²) >= 11 is 0. The van der Waals surface area contributed by atoms with Crippen LogP contribution in [0.25, 0.3) is 11.3 Å². The molecule has 0 aliphatic carbocycles. The number of piperazine rings is 1. The molecule has 12 heteroatoms. The van der Waals surface area contributed by atoms with Gasteiger partial charge in [0.1, 0.15) is 5.69 Å². The van der Waals surface area contributed by atoms with Crippen LogP contribution in [0.2, 0.25) is 0 Å². The molecule has 0 bridgehead atoms. The third-order valence-electron chi connectivity index (χ3n) is 5.08. The van der Waals surface area contributed by atoms with Crippen molar-refractivity contribution in [3.05, 3.63) is 68.6 Å². The summed E-state index contributed by atoms with van der Waals surface area (Å²) < 4.78 is 27.0. The predicted molar refractivity (Wildman–Crippen MR) is 111 cm³/mol. The van der Waals surface area contributed by atoms with Crippen LogP contribution in [-0.2, 0) is 10.0 Å². The molecule has 0 radical (unpaired) electrons. The molecule has 11 nitrogen and oxygen atoms in total. The van der Waals surface area contributed by atoms with Crippen molar-refractivity contribution in [3.63, 3.8) is 0 Å². The molecule has 1 fully saturated rings. The molecule has 162 valence electrons. The third-order valence-corrected chi connectivity index (χ3v) is 7.13. The first-order chi connectivity index (χ1) is 14.8. The van der Waals surface area contributed by atoms with E-state index < -0.39 is 26.2 Å². The molecule has 1 saturated heterocycles. The fraction of sp³-hybridized carbons (Fsp3) is 0.263. The Balaban J connectivity index is 1.48. The number of carbonyl (C=O) groups is 1. The molecule has 0 saturated carbocycles. The smallest absolute Gasteiger partial charge is 0.325 e. The number of aromatic nitrogens is 4. The minimum atomic E-state index is -4.12. The Kier molecular flexibility index (Phi) is 5.33. The Morgan fingerprint density at radius 2 is 1.71 bits per heavy atom. The molecule has 1 aliphatic heterocycles. The van der Waals surface area contributed by atoms with Crippen molar-refractivity contribution in [1.29, 1.82) is 0 Å². The van der Waals surface area contributed by atoms with Gasteiger partial charge in [-0.1, -0.05) is 30.3 Å². The van der Waals surface area contributed by atoms with E-state index in [1.165, 1.54) is 11.8 Å². The Morgan fingerprint density at radius 3 is 2.35 bits per heavy atom. The van der Waals surface area contributed by atoms with Gasteiger partial charge in [-0.25, -0.2) is 13.2 Å². The van der Waals surface area contributed by atoms with E-state index in [1.54, 1.807) is 6.07 Å². The zero-order chi connectivity index (χ0) is 22.2. The first-order valence-electron chi connectivity index (χ1n) is 9.51. The maximum absolute atomic E-state index is 12.9. The number of carbonyl (C=O) groups excluding carboxylic acids is 1. The fourth-order valence-corrected chi connectivity index (χ4v) is 5.14. The molecule has 1 aromatic carbocycles. The van der Waals surface area contributed by atoms with E-state index in [1.807, 2.05) is 35.3 Å². The molecule has 31 heavy (non-hydrogen) atoms. The second-order valence-electron chi connectivity index (χ2n) is 7.09. The van der Waals surface area contributed by atoms with Crippen LogP contribution in [0.4, 0.5) is 0 Å². The van der Waals surface area contributed by atoms with Crippen molar-refractivity contribution < 1.29 is 13.2 Å². The molecular formula is C19H20N6O5S. The maximum Gasteiger partial charge on any atom is 0.325 e. The van der Waals surface area contributed by atoms with Gasteiger partial charge in [0.2, 0.25) is 10.0 Å². The Morgan fingerprint density at radius 1 is 1.03 bits per heavy atom. The normalized spacial score (nSPS) is 15.2. The van der Waals surface area contributed by atoms with Gasteiger partial charge >= 0.3 is 5.69 Å². The van der Waals surface area contributed by atoms with Crippen LogP contribution in [-0.4, -0.2) is 69.9 Å². The number of amides is 1. The van der Waals surface area contributed by atoms with Gasteiger partial charge in [0.15, 0.2) is 4.90 Å². The largest absolute Gasteiger partial charge is 0.335 e. The molecule has 1 amide bonds. The van der Waals surface area contributed by atoms with Crippen LogP contribution in [0.3, 0.4) is 0 Å². The van der Waals surface area contributed by atoms with E-state index in [9.17, 15) is 22.8 Å². The van der Waals surface area contributed by atoms with Gasteiger partial charge in [0.25, 0.3) is 11.5 Å². The molecule has 0 spiro atoms. The summed E-state index contributed by atoms with van der Waals surface area (Å²) in [6.45, 7) is 1.69. The topological polar surface area (TPSA) is 152 Å². The maximum atomic E-state index is 12.9. The zero-order valence-corrected chi connectivity index (χ0v) is 17.4. The van der Waals surface area contributed by atoms with Crippen LogP contribution in [0.1, 0.15) is 16.2 Å². The highest BCUT2D eigenvalue weighted by atomic mass is 32.2. The van der Waals surface area contributed by atoms with Crippen molar-refractivity contribution >= 4 is 15.9 Å². The Labute approximate surface area is 176 Å². The lowest BCUT2D eigenvalue weighted by atomic mass is 10.1. The first-order valence-corrected chi connectivity index (χ1v) is 10.9. The van der Waals surface area contributed by atoms with Gasteiger partial charge in [-0.2, -0.15) is 9.40 Å². The molecule has 2 aromatic heterocycles. The monoisotopic (exact) mass is 444 g/mol. The summed E-state index contributed by atoms with van der Waals surface area (Å²) in [6.07, 6.45) is 0. The number of hydrogen-bond acceptors (Lipinski definition) is 6. The van der Waals surface area contributed by atoms with Crippen LogP contribution in [0, 0.1) is 6.92 Å². The van der Waals surface area contributed by atoms with E-state index in [0.717, 1.165) is 9.87 Å². The summed E-state index contributed by atoms with van der Waals surface area (Å²) in [5.74, 6) is -0.287. The number of sulfonamides is 1. The van der Waals surface area contributed by atoms with Gasteiger partial charge in [0.05, 0.1) is 5.69 Å². The Bertz CT molecular complexity index is 1330. The van der Waals surface area contributed by atoms with Crippen molar-refractivity contribution in [2.45, 2.75) is 11.8 Å². The van der Waals surface area contributed by atoms with Crippen molar-refractivity contribution in [1.82, 2.24) is 29.4 Å². The fourth-order valence-electron chi connectivity index (χ4n) is 3.52. The lowest BCUT2D eigenvalue weighted by Crippen LogP contribution is -2.51. The molecule has 3 aromatic rings. The lowest BCUT2D eigenvalue weighted by molar-refractivity contribution is 0.0692. The summed E-state index contributed by atoms with van der Waals surface area (Å²) in [5.41, 5.74) is 0.0475. The number of hydrogen-bond donors (Lipinski definition) is 3. The van der Waals surface area contributed by atoms with Crippen molar-refractivity contribution in [3.8, 4) is 11.3 Å². The molecule has 3 N–H and O–H groups in total. The quantitative estimate of drug-likeness (QED) is 0.511. The second kappa shape index (κ2) is 7.96. The predicted octanol–water partition coefficient (Wildman–Crippen LogP) is -0.0916. The SMILES string of the molecule is Cc1[nH]c(=O)[nH]c(=O)c1S(=O)(=O)N1CCN(C(=O)c2cc(-c3ccccc3)n[nH]2)CC1. The van der Waals surface area contributed by atoms with Crippen LogP contribution in [0.5, 0.6) is 0 Å². The summed E-state index contributed by atoms with van der Waals surface area (Å²) in [5, 5.41) is 6.91. The van der Waals surface area contributed by atoms with Gasteiger partial charge < -0.3 is 9.88 Å². The number of rotatable bonds is 4. The molecule has 1 aliphatic rings. The highest BCUT2D eigenvalue weighted by Gasteiger charge is 2.34. The molecular weight excluding hydrogens is 424 g/mol. The summed E-state index contributed by atoms with van der Waals surface area (Å²) in [7, 11) is -4.12. The van der Waals surface area contributed by atoms with Crippen molar-refractivity contribution in [2.75, 3.05) is 26.2 Å².